The summed E-state index contributed by atoms with van der Waals surface area (Å²) in [7, 11) is 0. The van der Waals surface area contributed by atoms with E-state index in [0.29, 0.717) is 18.6 Å². The van der Waals surface area contributed by atoms with Crippen molar-refractivity contribution >= 4 is 32.9 Å². The fourth-order valence-corrected chi connectivity index (χ4v) is 5.96. The number of carbonyl (C=O) groups excluding carboxylic acids is 1. The average molecular weight is 494 g/mol. The van der Waals surface area contributed by atoms with Crippen LogP contribution in [-0.2, 0) is 11.3 Å². The SMILES string of the molecule is O=C(Cn1c(-c2ccc(Br)cc2)nc2ccccc21)N(C1CCCCC1)C1CCCCC1. The first-order valence-corrected chi connectivity index (χ1v) is 13.0. The summed E-state index contributed by atoms with van der Waals surface area (Å²) in [5, 5.41) is 0. The number of benzene rings is 2. The Labute approximate surface area is 199 Å². The van der Waals surface area contributed by atoms with Crippen LogP contribution in [0.1, 0.15) is 64.2 Å². The van der Waals surface area contributed by atoms with E-state index in [1.807, 2.05) is 30.3 Å². The minimum Gasteiger partial charge on any atom is -0.335 e. The second kappa shape index (κ2) is 9.78. The van der Waals surface area contributed by atoms with Crippen LogP contribution in [-0.4, -0.2) is 32.4 Å². The highest BCUT2D eigenvalue weighted by molar-refractivity contribution is 9.10. The van der Waals surface area contributed by atoms with E-state index < -0.39 is 0 Å². The molecule has 2 aliphatic carbocycles. The number of para-hydroxylation sites is 2. The Morgan fingerprint density at radius 2 is 1.47 bits per heavy atom. The predicted molar refractivity (Wildman–Crippen MR) is 133 cm³/mol. The Hall–Kier alpha value is -2.14. The lowest BCUT2D eigenvalue weighted by atomic mass is 9.88. The highest BCUT2D eigenvalue weighted by Crippen LogP contribution is 2.32. The van der Waals surface area contributed by atoms with E-state index in [0.717, 1.165) is 52.6 Å². The lowest BCUT2D eigenvalue weighted by molar-refractivity contribution is -0.138. The molecule has 1 heterocycles. The molecule has 2 aliphatic rings. The Balaban J connectivity index is 1.50. The molecule has 2 fully saturated rings. The second-order valence-corrected chi connectivity index (χ2v) is 10.3. The van der Waals surface area contributed by atoms with Crippen LogP contribution in [0.25, 0.3) is 22.4 Å². The van der Waals surface area contributed by atoms with Crippen LogP contribution in [0.4, 0.5) is 0 Å². The van der Waals surface area contributed by atoms with Crippen molar-refractivity contribution in [1.29, 1.82) is 0 Å². The number of aromatic nitrogens is 2. The van der Waals surface area contributed by atoms with Gasteiger partial charge < -0.3 is 9.47 Å². The van der Waals surface area contributed by atoms with Gasteiger partial charge in [0.05, 0.1) is 11.0 Å². The largest absolute Gasteiger partial charge is 0.335 e. The van der Waals surface area contributed by atoms with Gasteiger partial charge in [-0.1, -0.05) is 78.7 Å². The number of halogens is 1. The Bertz CT molecular complexity index is 1040. The van der Waals surface area contributed by atoms with Crippen molar-refractivity contribution in [1.82, 2.24) is 14.5 Å². The average Bonchev–Trinajstić information content (AvgIpc) is 3.19. The summed E-state index contributed by atoms with van der Waals surface area (Å²) in [6, 6.07) is 17.2. The molecule has 0 spiro atoms. The fourth-order valence-electron chi connectivity index (χ4n) is 5.70. The molecule has 5 heteroatoms. The summed E-state index contributed by atoms with van der Waals surface area (Å²) in [6.07, 6.45) is 12.3. The topological polar surface area (TPSA) is 38.1 Å². The van der Waals surface area contributed by atoms with E-state index in [2.05, 4.69) is 43.6 Å². The van der Waals surface area contributed by atoms with Gasteiger partial charge in [0.1, 0.15) is 12.4 Å². The minimum atomic E-state index is 0.269. The zero-order valence-electron chi connectivity index (χ0n) is 18.7. The summed E-state index contributed by atoms with van der Waals surface area (Å²) in [6.45, 7) is 0.360. The van der Waals surface area contributed by atoms with Crippen LogP contribution >= 0.6 is 15.9 Å². The third-order valence-electron chi connectivity index (χ3n) is 7.27. The molecule has 0 aliphatic heterocycles. The van der Waals surface area contributed by atoms with E-state index in [1.165, 1.54) is 38.5 Å². The van der Waals surface area contributed by atoms with Gasteiger partial charge in [-0.05, 0) is 49.9 Å². The molecule has 2 saturated carbocycles. The van der Waals surface area contributed by atoms with Crippen molar-refractivity contribution in [2.45, 2.75) is 82.8 Å². The van der Waals surface area contributed by atoms with E-state index in [-0.39, 0.29) is 5.91 Å². The number of carbonyl (C=O) groups is 1. The molecule has 0 unspecified atom stereocenters. The first kappa shape index (κ1) is 21.7. The van der Waals surface area contributed by atoms with Crippen molar-refractivity contribution < 1.29 is 4.79 Å². The summed E-state index contributed by atoms with van der Waals surface area (Å²) in [5.41, 5.74) is 3.02. The number of amides is 1. The molecule has 0 saturated heterocycles. The first-order valence-electron chi connectivity index (χ1n) is 12.2. The molecule has 4 nitrogen and oxygen atoms in total. The molecule has 0 N–H and O–H groups in total. The Morgan fingerprint density at radius 1 is 0.875 bits per heavy atom. The zero-order valence-corrected chi connectivity index (χ0v) is 20.3. The van der Waals surface area contributed by atoms with Gasteiger partial charge in [-0.3, -0.25) is 4.79 Å². The molecule has 1 amide bonds. The summed E-state index contributed by atoms with van der Waals surface area (Å²) in [5.74, 6) is 1.14. The smallest absolute Gasteiger partial charge is 0.243 e. The van der Waals surface area contributed by atoms with Gasteiger partial charge in [0.2, 0.25) is 5.91 Å². The van der Waals surface area contributed by atoms with E-state index in [4.69, 9.17) is 4.98 Å². The highest BCUT2D eigenvalue weighted by atomic mass is 79.9. The van der Waals surface area contributed by atoms with Gasteiger partial charge in [0.15, 0.2) is 0 Å². The molecule has 0 bridgehead atoms. The minimum absolute atomic E-state index is 0.269. The predicted octanol–water partition coefficient (Wildman–Crippen LogP) is 6.96. The van der Waals surface area contributed by atoms with Gasteiger partial charge in [0, 0.05) is 22.1 Å². The van der Waals surface area contributed by atoms with E-state index in [1.54, 1.807) is 0 Å². The van der Waals surface area contributed by atoms with Gasteiger partial charge >= 0.3 is 0 Å². The first-order chi connectivity index (χ1) is 15.7. The lowest BCUT2D eigenvalue weighted by Gasteiger charge is -2.42. The van der Waals surface area contributed by atoms with Gasteiger partial charge in [0.25, 0.3) is 0 Å². The number of fused-ring (bicyclic) bond motifs is 1. The van der Waals surface area contributed by atoms with Gasteiger partial charge in [-0.2, -0.15) is 0 Å². The number of nitrogens with zero attached hydrogens (tertiary/aromatic N) is 3. The maximum Gasteiger partial charge on any atom is 0.243 e. The molecular weight excluding hydrogens is 462 g/mol. The molecule has 0 radical (unpaired) electrons. The normalized spacial score (nSPS) is 18.2. The van der Waals surface area contributed by atoms with Crippen LogP contribution in [0.3, 0.4) is 0 Å². The highest BCUT2D eigenvalue weighted by Gasteiger charge is 2.33. The van der Waals surface area contributed by atoms with Crippen LogP contribution in [0.15, 0.2) is 53.0 Å². The molecule has 168 valence electrons. The van der Waals surface area contributed by atoms with Crippen molar-refractivity contribution in [3.8, 4) is 11.4 Å². The van der Waals surface area contributed by atoms with Crippen LogP contribution in [0, 0.1) is 0 Å². The molecule has 2 aromatic carbocycles. The Morgan fingerprint density at radius 3 is 2.09 bits per heavy atom. The zero-order chi connectivity index (χ0) is 21.9. The molecule has 1 aromatic heterocycles. The summed E-state index contributed by atoms with van der Waals surface area (Å²) >= 11 is 3.53. The van der Waals surface area contributed by atoms with Crippen molar-refractivity contribution in [3.05, 3.63) is 53.0 Å². The summed E-state index contributed by atoms with van der Waals surface area (Å²) < 4.78 is 3.18. The number of rotatable bonds is 5. The standard InChI is InChI=1S/C27H32BrN3O/c28-21-17-15-20(16-18-21)27-29-24-13-7-8-14-25(24)30(27)19-26(32)31(22-9-3-1-4-10-22)23-11-5-2-6-12-23/h7-8,13-18,22-23H,1-6,9-12,19H2. The molecule has 0 atom stereocenters. The van der Waals surface area contributed by atoms with E-state index >= 15 is 0 Å². The lowest BCUT2D eigenvalue weighted by Crippen LogP contribution is -2.50. The van der Waals surface area contributed by atoms with Gasteiger partial charge in [-0.15, -0.1) is 0 Å². The molecule has 3 aromatic rings. The van der Waals surface area contributed by atoms with Crippen LogP contribution in [0.5, 0.6) is 0 Å². The number of hydrogen-bond donors (Lipinski definition) is 0. The quantitative estimate of drug-likeness (QED) is 0.385. The summed E-state index contributed by atoms with van der Waals surface area (Å²) in [4.78, 5) is 21.2. The molecule has 32 heavy (non-hydrogen) atoms. The molecule has 5 rings (SSSR count). The van der Waals surface area contributed by atoms with Crippen LogP contribution in [0.2, 0.25) is 0 Å². The van der Waals surface area contributed by atoms with Crippen molar-refractivity contribution in [3.63, 3.8) is 0 Å². The molecular formula is C27H32BrN3O. The van der Waals surface area contributed by atoms with E-state index in [9.17, 15) is 4.79 Å². The third-order valence-corrected chi connectivity index (χ3v) is 7.80. The number of imidazole rings is 1. The van der Waals surface area contributed by atoms with Gasteiger partial charge in [-0.25, -0.2) is 4.98 Å². The van der Waals surface area contributed by atoms with Crippen molar-refractivity contribution in [2.75, 3.05) is 0 Å². The van der Waals surface area contributed by atoms with Crippen LogP contribution < -0.4 is 0 Å². The second-order valence-electron chi connectivity index (χ2n) is 9.40. The van der Waals surface area contributed by atoms with Crippen molar-refractivity contribution in [2.24, 2.45) is 0 Å². The maximum atomic E-state index is 14.0. The Kier molecular flexibility index (Phi) is 6.63. The monoisotopic (exact) mass is 493 g/mol. The third kappa shape index (κ3) is 4.50. The maximum absolute atomic E-state index is 14.0. The number of hydrogen-bond acceptors (Lipinski definition) is 2. The fraction of sp³-hybridized carbons (Fsp3) is 0.481.